The predicted octanol–water partition coefficient (Wildman–Crippen LogP) is 1.91. The Balaban J connectivity index is 3.16. The maximum atomic E-state index is 13.5. The fraction of sp³-hybridized carbons (Fsp3) is 0.455. The topological polar surface area (TPSA) is 29.3 Å². The summed E-state index contributed by atoms with van der Waals surface area (Å²) in [7, 11) is 3.58. The van der Waals surface area contributed by atoms with E-state index >= 15 is 0 Å². The van der Waals surface area contributed by atoms with E-state index in [1.54, 1.807) is 25.9 Å². The number of nitrogens with zero attached hydrogens (tertiary/aromatic N) is 1. The van der Waals surface area contributed by atoms with Gasteiger partial charge in [0.15, 0.2) is 0 Å². The molecule has 2 atom stereocenters. The third kappa shape index (κ3) is 2.73. The first-order valence-corrected chi connectivity index (χ1v) is 4.80. The van der Waals surface area contributed by atoms with Gasteiger partial charge in [-0.1, -0.05) is 0 Å². The van der Waals surface area contributed by atoms with Crippen LogP contribution in [0.1, 0.15) is 18.5 Å². The standard InChI is InChI=1S/C11H16F2N2/c1-7(14)11(15(2)3)9-6-8(12)4-5-10(9)13/h4-7,11H,14H2,1-3H3. The number of likely N-dealkylation sites (N-methyl/N-ethyl adjacent to an activating group) is 1. The van der Waals surface area contributed by atoms with E-state index in [1.165, 1.54) is 6.07 Å². The Morgan fingerprint density at radius 3 is 2.33 bits per heavy atom. The summed E-state index contributed by atoms with van der Waals surface area (Å²) in [6.45, 7) is 1.77. The van der Waals surface area contributed by atoms with Gasteiger partial charge in [0, 0.05) is 11.6 Å². The van der Waals surface area contributed by atoms with Crippen molar-refractivity contribution in [3.8, 4) is 0 Å². The minimum atomic E-state index is -0.445. The molecule has 2 unspecified atom stereocenters. The van der Waals surface area contributed by atoms with Gasteiger partial charge in [-0.3, -0.25) is 0 Å². The molecule has 0 saturated heterocycles. The van der Waals surface area contributed by atoms with Crippen molar-refractivity contribution in [3.63, 3.8) is 0 Å². The summed E-state index contributed by atoms with van der Waals surface area (Å²) in [6, 6.07) is 2.84. The summed E-state index contributed by atoms with van der Waals surface area (Å²) < 4.78 is 26.5. The second-order valence-electron chi connectivity index (χ2n) is 3.93. The van der Waals surface area contributed by atoms with Gasteiger partial charge in [-0.15, -0.1) is 0 Å². The molecule has 1 aromatic rings. The van der Waals surface area contributed by atoms with E-state index in [4.69, 9.17) is 5.73 Å². The Morgan fingerprint density at radius 1 is 1.27 bits per heavy atom. The molecule has 0 radical (unpaired) electrons. The lowest BCUT2D eigenvalue weighted by atomic mass is 9.99. The van der Waals surface area contributed by atoms with Crippen LogP contribution in [0.5, 0.6) is 0 Å². The fourth-order valence-corrected chi connectivity index (χ4v) is 1.77. The molecule has 0 bridgehead atoms. The van der Waals surface area contributed by atoms with Crippen molar-refractivity contribution in [2.24, 2.45) is 5.73 Å². The minimum Gasteiger partial charge on any atom is -0.326 e. The van der Waals surface area contributed by atoms with Gasteiger partial charge in [0.1, 0.15) is 11.6 Å². The van der Waals surface area contributed by atoms with E-state index in [1.807, 2.05) is 0 Å². The molecule has 0 fully saturated rings. The van der Waals surface area contributed by atoms with Crippen LogP contribution in [0.4, 0.5) is 8.78 Å². The van der Waals surface area contributed by atoms with Gasteiger partial charge in [0.05, 0.1) is 6.04 Å². The monoisotopic (exact) mass is 214 g/mol. The number of hydrogen-bond donors (Lipinski definition) is 1. The summed E-state index contributed by atoms with van der Waals surface area (Å²) in [5.74, 6) is -0.869. The molecule has 0 aliphatic heterocycles. The van der Waals surface area contributed by atoms with Gasteiger partial charge in [-0.2, -0.15) is 0 Å². The van der Waals surface area contributed by atoms with Crippen LogP contribution in [-0.2, 0) is 0 Å². The third-order valence-electron chi connectivity index (χ3n) is 2.33. The molecule has 84 valence electrons. The quantitative estimate of drug-likeness (QED) is 0.832. The molecular formula is C11H16F2N2. The number of hydrogen-bond acceptors (Lipinski definition) is 2. The van der Waals surface area contributed by atoms with Crippen LogP contribution in [0.15, 0.2) is 18.2 Å². The molecule has 0 aliphatic rings. The molecule has 0 amide bonds. The van der Waals surface area contributed by atoms with Crippen molar-refractivity contribution in [1.29, 1.82) is 0 Å². The summed E-state index contributed by atoms with van der Waals surface area (Å²) in [4.78, 5) is 1.78. The second kappa shape index (κ2) is 4.68. The van der Waals surface area contributed by atoms with Crippen molar-refractivity contribution in [3.05, 3.63) is 35.4 Å². The molecule has 2 nitrogen and oxygen atoms in total. The maximum Gasteiger partial charge on any atom is 0.128 e. The van der Waals surface area contributed by atoms with Crippen molar-refractivity contribution in [2.45, 2.75) is 19.0 Å². The summed E-state index contributed by atoms with van der Waals surface area (Å²) >= 11 is 0. The van der Waals surface area contributed by atoms with Crippen LogP contribution in [0.2, 0.25) is 0 Å². The Morgan fingerprint density at radius 2 is 1.87 bits per heavy atom. The first kappa shape index (κ1) is 12.1. The molecule has 0 aromatic heterocycles. The van der Waals surface area contributed by atoms with Crippen LogP contribution in [0.3, 0.4) is 0 Å². The van der Waals surface area contributed by atoms with Crippen LogP contribution >= 0.6 is 0 Å². The van der Waals surface area contributed by atoms with Gasteiger partial charge in [0.25, 0.3) is 0 Å². The molecule has 1 aromatic carbocycles. The van der Waals surface area contributed by atoms with Crippen molar-refractivity contribution in [2.75, 3.05) is 14.1 Å². The van der Waals surface area contributed by atoms with Gasteiger partial charge in [-0.25, -0.2) is 8.78 Å². The normalized spacial score (nSPS) is 15.4. The third-order valence-corrected chi connectivity index (χ3v) is 2.33. The van der Waals surface area contributed by atoms with E-state index in [2.05, 4.69) is 0 Å². The molecule has 0 spiro atoms. The number of halogens is 2. The van der Waals surface area contributed by atoms with E-state index < -0.39 is 11.6 Å². The highest BCUT2D eigenvalue weighted by Crippen LogP contribution is 2.24. The van der Waals surface area contributed by atoms with Gasteiger partial charge in [0.2, 0.25) is 0 Å². The van der Waals surface area contributed by atoms with Crippen LogP contribution in [0, 0.1) is 11.6 Å². The summed E-state index contributed by atoms with van der Waals surface area (Å²) in [5.41, 5.74) is 6.06. The van der Waals surface area contributed by atoms with Gasteiger partial charge < -0.3 is 10.6 Å². The Bertz CT molecular complexity index is 329. The predicted molar refractivity (Wildman–Crippen MR) is 56.4 cm³/mol. The van der Waals surface area contributed by atoms with Gasteiger partial charge >= 0.3 is 0 Å². The molecule has 0 aliphatic carbocycles. The van der Waals surface area contributed by atoms with Crippen LogP contribution in [-0.4, -0.2) is 25.0 Å². The molecule has 1 rings (SSSR count). The number of nitrogens with two attached hydrogens (primary N) is 1. The smallest absolute Gasteiger partial charge is 0.128 e. The zero-order valence-corrected chi connectivity index (χ0v) is 9.17. The van der Waals surface area contributed by atoms with Gasteiger partial charge in [-0.05, 0) is 39.2 Å². The summed E-state index contributed by atoms with van der Waals surface area (Å²) in [5, 5.41) is 0. The lowest BCUT2D eigenvalue weighted by Gasteiger charge is -2.28. The molecule has 2 N–H and O–H groups in total. The Hall–Kier alpha value is -1.00. The SMILES string of the molecule is CC(N)C(c1cc(F)ccc1F)N(C)C. The van der Waals surface area contributed by atoms with E-state index in [-0.39, 0.29) is 12.1 Å². The van der Waals surface area contributed by atoms with E-state index in [0.717, 1.165) is 12.1 Å². The fourth-order valence-electron chi connectivity index (χ4n) is 1.77. The highest BCUT2D eigenvalue weighted by molar-refractivity contribution is 5.23. The van der Waals surface area contributed by atoms with Crippen molar-refractivity contribution >= 4 is 0 Å². The van der Waals surface area contributed by atoms with Crippen molar-refractivity contribution in [1.82, 2.24) is 4.90 Å². The zero-order valence-electron chi connectivity index (χ0n) is 9.17. The first-order chi connectivity index (χ1) is 6.93. The highest BCUT2D eigenvalue weighted by atomic mass is 19.1. The molecule has 4 heteroatoms. The Kier molecular flexibility index (Phi) is 3.77. The van der Waals surface area contributed by atoms with E-state index in [0.29, 0.717) is 5.56 Å². The lowest BCUT2D eigenvalue weighted by Crippen LogP contribution is -2.35. The molecule has 15 heavy (non-hydrogen) atoms. The molecule has 0 heterocycles. The average Bonchev–Trinajstić information content (AvgIpc) is 2.10. The average molecular weight is 214 g/mol. The molecular weight excluding hydrogens is 198 g/mol. The highest BCUT2D eigenvalue weighted by Gasteiger charge is 2.22. The van der Waals surface area contributed by atoms with Crippen LogP contribution in [0.25, 0.3) is 0 Å². The zero-order chi connectivity index (χ0) is 11.6. The number of benzene rings is 1. The first-order valence-electron chi connectivity index (χ1n) is 4.80. The second-order valence-corrected chi connectivity index (χ2v) is 3.93. The summed E-state index contributed by atoms with van der Waals surface area (Å²) in [6.07, 6.45) is 0. The lowest BCUT2D eigenvalue weighted by molar-refractivity contribution is 0.259. The van der Waals surface area contributed by atoms with Crippen LogP contribution < -0.4 is 5.73 Å². The Labute approximate surface area is 88.7 Å². The van der Waals surface area contributed by atoms with E-state index in [9.17, 15) is 8.78 Å². The minimum absolute atomic E-state index is 0.267. The number of rotatable bonds is 3. The van der Waals surface area contributed by atoms with Crippen molar-refractivity contribution < 1.29 is 8.78 Å². The maximum absolute atomic E-state index is 13.5. The molecule has 0 saturated carbocycles. The largest absolute Gasteiger partial charge is 0.326 e.